The van der Waals surface area contributed by atoms with Gasteiger partial charge in [0.25, 0.3) is 5.91 Å². The molecule has 0 aliphatic heterocycles. The second-order valence-corrected chi connectivity index (χ2v) is 6.73. The Morgan fingerprint density at radius 1 is 1.00 bits per heavy atom. The zero-order chi connectivity index (χ0) is 21.6. The minimum Gasteiger partial charge on any atom is -0.497 e. The van der Waals surface area contributed by atoms with E-state index in [4.69, 9.17) is 9.47 Å². The molecule has 0 aliphatic carbocycles. The monoisotopic (exact) mass is 412 g/mol. The molecule has 31 heavy (non-hydrogen) atoms. The molecule has 2 heterocycles. The van der Waals surface area contributed by atoms with Crippen molar-refractivity contribution < 1.29 is 14.3 Å². The fraction of sp³-hybridized carbons (Fsp3) is 0.0833. The van der Waals surface area contributed by atoms with Crippen LogP contribution in [0.1, 0.15) is 15.9 Å². The molecule has 0 fully saturated rings. The zero-order valence-corrected chi connectivity index (χ0v) is 17.1. The van der Waals surface area contributed by atoms with Crippen LogP contribution in [0, 0.1) is 6.92 Å². The molecule has 0 saturated carbocycles. The number of rotatable bonds is 6. The number of anilines is 1. The van der Waals surface area contributed by atoms with Crippen LogP contribution >= 0.6 is 0 Å². The van der Waals surface area contributed by atoms with E-state index in [1.54, 1.807) is 62.1 Å². The summed E-state index contributed by atoms with van der Waals surface area (Å²) in [4.78, 5) is 25.3. The summed E-state index contributed by atoms with van der Waals surface area (Å²) < 4.78 is 11.0. The Labute approximate surface area is 179 Å². The van der Waals surface area contributed by atoms with Crippen molar-refractivity contribution in [1.82, 2.24) is 15.0 Å². The minimum absolute atomic E-state index is 0.211. The van der Waals surface area contributed by atoms with E-state index in [2.05, 4.69) is 20.3 Å². The van der Waals surface area contributed by atoms with Gasteiger partial charge in [0, 0.05) is 41.5 Å². The van der Waals surface area contributed by atoms with Crippen LogP contribution in [0.5, 0.6) is 17.5 Å². The predicted octanol–water partition coefficient (Wildman–Crippen LogP) is 4.90. The standard InChI is InChI=1S/C24H20N4O3/c1-16-5-8-19(27-23(29)17-6-9-20(30-2)10-7-17)14-22(16)31-24-26-13-11-21(28-24)18-4-3-12-25-15-18/h3-15H,1-2H3,(H,27,29). The third kappa shape index (κ3) is 4.84. The Balaban J connectivity index is 1.52. The molecular formula is C24H20N4O3. The van der Waals surface area contributed by atoms with Crippen molar-refractivity contribution in [3.8, 4) is 28.8 Å². The third-order valence-corrected chi connectivity index (χ3v) is 4.59. The number of carbonyl (C=O) groups excluding carboxylic acids is 1. The van der Waals surface area contributed by atoms with Gasteiger partial charge in [-0.05, 0) is 61.0 Å². The Morgan fingerprint density at radius 3 is 2.58 bits per heavy atom. The van der Waals surface area contributed by atoms with Gasteiger partial charge < -0.3 is 14.8 Å². The van der Waals surface area contributed by atoms with Crippen molar-refractivity contribution >= 4 is 11.6 Å². The number of amides is 1. The molecule has 0 aliphatic rings. The summed E-state index contributed by atoms with van der Waals surface area (Å²) in [7, 11) is 1.58. The first-order valence-corrected chi connectivity index (χ1v) is 9.60. The normalized spacial score (nSPS) is 10.4. The van der Waals surface area contributed by atoms with Crippen molar-refractivity contribution in [2.24, 2.45) is 0 Å². The molecule has 0 spiro atoms. The molecule has 1 N–H and O–H groups in total. The summed E-state index contributed by atoms with van der Waals surface area (Å²) in [5.41, 5.74) is 3.59. The zero-order valence-electron chi connectivity index (χ0n) is 17.1. The topological polar surface area (TPSA) is 86.2 Å². The summed E-state index contributed by atoms with van der Waals surface area (Å²) in [6, 6.07) is 18.1. The first kappa shape index (κ1) is 20.0. The van der Waals surface area contributed by atoms with Gasteiger partial charge in [-0.3, -0.25) is 9.78 Å². The lowest BCUT2D eigenvalue weighted by Crippen LogP contribution is -2.11. The van der Waals surface area contributed by atoms with Crippen LogP contribution in [0.3, 0.4) is 0 Å². The smallest absolute Gasteiger partial charge is 0.322 e. The van der Waals surface area contributed by atoms with Gasteiger partial charge in [0.1, 0.15) is 11.5 Å². The maximum absolute atomic E-state index is 12.5. The van der Waals surface area contributed by atoms with Crippen molar-refractivity contribution in [2.75, 3.05) is 12.4 Å². The summed E-state index contributed by atoms with van der Waals surface area (Å²) in [5, 5.41) is 2.88. The number of ether oxygens (including phenoxy) is 2. The highest BCUT2D eigenvalue weighted by Gasteiger charge is 2.11. The average molecular weight is 412 g/mol. The molecule has 4 rings (SSSR count). The lowest BCUT2D eigenvalue weighted by molar-refractivity contribution is 0.102. The van der Waals surface area contributed by atoms with E-state index >= 15 is 0 Å². The predicted molar refractivity (Wildman–Crippen MR) is 117 cm³/mol. The molecule has 1 amide bonds. The number of aromatic nitrogens is 3. The largest absolute Gasteiger partial charge is 0.497 e. The van der Waals surface area contributed by atoms with E-state index in [9.17, 15) is 4.79 Å². The number of methoxy groups -OCH3 is 1. The Kier molecular flexibility index (Phi) is 5.84. The van der Waals surface area contributed by atoms with Gasteiger partial charge in [-0.25, -0.2) is 4.98 Å². The molecule has 0 atom stereocenters. The van der Waals surface area contributed by atoms with Crippen molar-refractivity contribution in [3.05, 3.63) is 90.4 Å². The lowest BCUT2D eigenvalue weighted by atomic mass is 10.1. The molecule has 0 bridgehead atoms. The molecule has 2 aromatic heterocycles. The maximum Gasteiger partial charge on any atom is 0.322 e. The number of carbonyl (C=O) groups is 1. The SMILES string of the molecule is COc1ccc(C(=O)Nc2ccc(C)c(Oc3nccc(-c4cccnc4)n3)c2)cc1. The number of benzene rings is 2. The van der Waals surface area contributed by atoms with E-state index in [0.717, 1.165) is 11.1 Å². The number of nitrogens with zero attached hydrogens (tertiary/aromatic N) is 3. The van der Waals surface area contributed by atoms with Crippen molar-refractivity contribution in [1.29, 1.82) is 0 Å². The van der Waals surface area contributed by atoms with Crippen LogP contribution in [-0.4, -0.2) is 28.0 Å². The fourth-order valence-electron chi connectivity index (χ4n) is 2.90. The Morgan fingerprint density at radius 2 is 1.84 bits per heavy atom. The highest BCUT2D eigenvalue weighted by Crippen LogP contribution is 2.27. The quantitative estimate of drug-likeness (QED) is 0.485. The van der Waals surface area contributed by atoms with Gasteiger partial charge in [-0.1, -0.05) is 6.07 Å². The fourth-order valence-corrected chi connectivity index (χ4v) is 2.90. The number of nitrogens with one attached hydrogen (secondary N) is 1. The molecule has 7 nitrogen and oxygen atoms in total. The highest BCUT2D eigenvalue weighted by atomic mass is 16.5. The second kappa shape index (κ2) is 9.04. The van der Waals surface area contributed by atoms with E-state index in [-0.39, 0.29) is 11.9 Å². The van der Waals surface area contributed by atoms with Crippen LogP contribution < -0.4 is 14.8 Å². The lowest BCUT2D eigenvalue weighted by Gasteiger charge is -2.11. The highest BCUT2D eigenvalue weighted by molar-refractivity contribution is 6.04. The van der Waals surface area contributed by atoms with Gasteiger partial charge in [-0.15, -0.1) is 0 Å². The first-order valence-electron chi connectivity index (χ1n) is 9.60. The van der Waals surface area contributed by atoms with Crippen LogP contribution in [0.15, 0.2) is 79.3 Å². The third-order valence-electron chi connectivity index (χ3n) is 4.59. The summed E-state index contributed by atoms with van der Waals surface area (Å²) >= 11 is 0. The molecule has 0 radical (unpaired) electrons. The minimum atomic E-state index is -0.229. The van der Waals surface area contributed by atoms with Crippen LogP contribution in [0.4, 0.5) is 5.69 Å². The average Bonchev–Trinajstić information content (AvgIpc) is 2.82. The van der Waals surface area contributed by atoms with E-state index in [1.165, 1.54) is 0 Å². The van der Waals surface area contributed by atoms with Gasteiger partial charge >= 0.3 is 6.01 Å². The Bertz CT molecular complexity index is 1200. The molecule has 2 aromatic carbocycles. The molecule has 7 heteroatoms. The summed E-state index contributed by atoms with van der Waals surface area (Å²) in [6.07, 6.45) is 5.07. The van der Waals surface area contributed by atoms with E-state index < -0.39 is 0 Å². The van der Waals surface area contributed by atoms with E-state index in [1.807, 2.05) is 31.2 Å². The van der Waals surface area contributed by atoms with Gasteiger partial charge in [0.05, 0.1) is 12.8 Å². The maximum atomic E-state index is 12.5. The van der Waals surface area contributed by atoms with Gasteiger partial charge in [0.15, 0.2) is 0 Å². The molecular weight excluding hydrogens is 392 g/mol. The van der Waals surface area contributed by atoms with Crippen LogP contribution in [0.25, 0.3) is 11.3 Å². The first-order chi connectivity index (χ1) is 15.1. The Hall–Kier alpha value is -4.26. The molecule has 0 saturated heterocycles. The van der Waals surface area contributed by atoms with E-state index in [0.29, 0.717) is 28.4 Å². The van der Waals surface area contributed by atoms with Crippen molar-refractivity contribution in [3.63, 3.8) is 0 Å². The molecule has 4 aromatic rings. The van der Waals surface area contributed by atoms with Crippen LogP contribution in [0.2, 0.25) is 0 Å². The number of hydrogen-bond donors (Lipinski definition) is 1. The summed E-state index contributed by atoms with van der Waals surface area (Å²) in [5.74, 6) is 1.01. The second-order valence-electron chi connectivity index (χ2n) is 6.73. The van der Waals surface area contributed by atoms with Gasteiger partial charge in [-0.2, -0.15) is 4.98 Å². The molecule has 154 valence electrons. The summed E-state index contributed by atoms with van der Waals surface area (Å²) in [6.45, 7) is 1.91. The van der Waals surface area contributed by atoms with Crippen LogP contribution in [-0.2, 0) is 0 Å². The number of hydrogen-bond acceptors (Lipinski definition) is 6. The number of aryl methyl sites for hydroxylation is 1. The van der Waals surface area contributed by atoms with Gasteiger partial charge in [0.2, 0.25) is 0 Å². The van der Waals surface area contributed by atoms with Crippen molar-refractivity contribution in [2.45, 2.75) is 6.92 Å². The molecule has 0 unspecified atom stereocenters. The number of pyridine rings is 1.